The summed E-state index contributed by atoms with van der Waals surface area (Å²) in [6, 6.07) is 10.4. The number of fused-ring (bicyclic) bond motifs is 1. The number of nitrogens with one attached hydrogen (secondary N) is 2. The van der Waals surface area contributed by atoms with Crippen molar-refractivity contribution in [2.45, 2.75) is 44.9 Å². The number of rotatable bonds is 4. The van der Waals surface area contributed by atoms with Gasteiger partial charge in [0.15, 0.2) is 0 Å². The Morgan fingerprint density at radius 3 is 2.56 bits per heavy atom. The van der Waals surface area contributed by atoms with Crippen LogP contribution < -0.4 is 10.6 Å². The largest absolute Gasteiger partial charge is 0.358 e. The maximum absolute atomic E-state index is 12.5. The molecule has 0 aromatic heterocycles. The minimum Gasteiger partial charge on any atom is -0.358 e. The lowest BCUT2D eigenvalue weighted by Crippen LogP contribution is -2.51. The van der Waals surface area contributed by atoms with Crippen molar-refractivity contribution in [1.82, 2.24) is 20.4 Å². The molecule has 2 aliphatic rings. The second kappa shape index (κ2) is 7.44. The number of nitrogens with zero attached hydrogens (tertiary/aromatic N) is 2. The summed E-state index contributed by atoms with van der Waals surface area (Å²) in [6.07, 6.45) is 0.824. The van der Waals surface area contributed by atoms with Crippen molar-refractivity contribution in [3.8, 4) is 0 Å². The van der Waals surface area contributed by atoms with Crippen LogP contribution in [0.4, 0.5) is 4.79 Å². The van der Waals surface area contributed by atoms with E-state index < -0.39 is 0 Å². The summed E-state index contributed by atoms with van der Waals surface area (Å²) >= 11 is 0. The molecule has 25 heavy (non-hydrogen) atoms. The second-order valence-electron chi connectivity index (χ2n) is 7.28. The lowest BCUT2D eigenvalue weighted by Gasteiger charge is -2.33. The zero-order valence-corrected chi connectivity index (χ0v) is 15.2. The number of carbonyl (C=O) groups is 2. The summed E-state index contributed by atoms with van der Waals surface area (Å²) in [7, 11) is 1.69. The zero-order valence-electron chi connectivity index (χ0n) is 15.2. The number of benzene rings is 1. The molecule has 1 aromatic carbocycles. The van der Waals surface area contributed by atoms with Crippen molar-refractivity contribution >= 4 is 11.9 Å². The topological polar surface area (TPSA) is 64.7 Å². The van der Waals surface area contributed by atoms with E-state index in [9.17, 15) is 9.59 Å². The summed E-state index contributed by atoms with van der Waals surface area (Å²) < 4.78 is 0. The van der Waals surface area contributed by atoms with Gasteiger partial charge in [-0.15, -0.1) is 0 Å². The van der Waals surface area contributed by atoms with E-state index in [4.69, 9.17) is 0 Å². The predicted molar refractivity (Wildman–Crippen MR) is 97.0 cm³/mol. The summed E-state index contributed by atoms with van der Waals surface area (Å²) in [5.41, 5.74) is 1.10. The van der Waals surface area contributed by atoms with Gasteiger partial charge in [0.05, 0.1) is 6.04 Å². The van der Waals surface area contributed by atoms with Crippen LogP contribution in [0.15, 0.2) is 30.3 Å². The van der Waals surface area contributed by atoms with Crippen LogP contribution in [0.1, 0.15) is 25.8 Å². The molecule has 2 heterocycles. The van der Waals surface area contributed by atoms with E-state index in [-0.39, 0.29) is 30.1 Å². The lowest BCUT2D eigenvalue weighted by molar-refractivity contribution is -0.126. The minimum absolute atomic E-state index is 0.0153. The first-order chi connectivity index (χ1) is 12.0. The van der Waals surface area contributed by atoms with Crippen LogP contribution in [0.5, 0.6) is 0 Å². The molecule has 0 unspecified atom stereocenters. The third-order valence-corrected chi connectivity index (χ3v) is 5.39. The lowest BCUT2D eigenvalue weighted by atomic mass is 10.0. The van der Waals surface area contributed by atoms with Gasteiger partial charge in [-0.2, -0.15) is 0 Å². The van der Waals surface area contributed by atoms with E-state index in [0.29, 0.717) is 19.0 Å². The van der Waals surface area contributed by atoms with E-state index in [2.05, 4.69) is 29.4 Å². The molecule has 2 N–H and O–H groups in total. The van der Waals surface area contributed by atoms with Crippen molar-refractivity contribution in [1.29, 1.82) is 0 Å². The Balaban J connectivity index is 1.60. The zero-order chi connectivity index (χ0) is 18.0. The van der Waals surface area contributed by atoms with E-state index in [1.165, 1.54) is 0 Å². The van der Waals surface area contributed by atoms with Gasteiger partial charge in [0, 0.05) is 38.8 Å². The molecule has 0 bridgehead atoms. The van der Waals surface area contributed by atoms with Crippen molar-refractivity contribution in [3.63, 3.8) is 0 Å². The first-order valence-corrected chi connectivity index (χ1v) is 9.07. The number of hydrogen-bond acceptors (Lipinski definition) is 3. The number of hydrogen-bond donors (Lipinski definition) is 2. The molecule has 0 saturated carbocycles. The highest BCUT2D eigenvalue weighted by molar-refractivity contribution is 5.82. The van der Waals surface area contributed by atoms with Gasteiger partial charge in [0.1, 0.15) is 0 Å². The van der Waals surface area contributed by atoms with Crippen molar-refractivity contribution < 1.29 is 9.59 Å². The maximum atomic E-state index is 12.5. The molecule has 136 valence electrons. The Labute approximate surface area is 149 Å². The number of likely N-dealkylation sites (tertiary alicyclic amines) is 2. The molecule has 3 amide bonds. The van der Waals surface area contributed by atoms with Gasteiger partial charge in [-0.3, -0.25) is 9.69 Å². The fraction of sp³-hybridized carbons (Fsp3) is 0.579. The minimum atomic E-state index is -0.0745. The van der Waals surface area contributed by atoms with Gasteiger partial charge in [-0.25, -0.2) is 4.79 Å². The van der Waals surface area contributed by atoms with Crippen molar-refractivity contribution in [2.24, 2.45) is 5.92 Å². The third-order valence-electron chi connectivity index (χ3n) is 5.39. The smallest absolute Gasteiger partial charge is 0.317 e. The van der Waals surface area contributed by atoms with Gasteiger partial charge in [-0.05, 0) is 31.7 Å². The molecular weight excluding hydrogens is 316 g/mol. The quantitative estimate of drug-likeness (QED) is 0.868. The molecule has 0 radical (unpaired) electrons. The molecule has 2 aliphatic heterocycles. The van der Waals surface area contributed by atoms with Crippen molar-refractivity contribution in [3.05, 3.63) is 35.9 Å². The van der Waals surface area contributed by atoms with Gasteiger partial charge in [-0.1, -0.05) is 30.3 Å². The fourth-order valence-corrected chi connectivity index (χ4v) is 4.27. The molecule has 2 fully saturated rings. The molecule has 0 spiro atoms. The molecule has 3 rings (SSSR count). The first kappa shape index (κ1) is 17.7. The van der Waals surface area contributed by atoms with Gasteiger partial charge >= 0.3 is 6.03 Å². The van der Waals surface area contributed by atoms with Crippen LogP contribution in [-0.4, -0.2) is 60.0 Å². The molecule has 1 aromatic rings. The first-order valence-electron chi connectivity index (χ1n) is 9.07. The average Bonchev–Trinajstić information content (AvgIpc) is 3.17. The Morgan fingerprint density at radius 1 is 1.20 bits per heavy atom. The van der Waals surface area contributed by atoms with Crippen molar-refractivity contribution in [2.75, 3.05) is 20.1 Å². The van der Waals surface area contributed by atoms with Gasteiger partial charge in [0.2, 0.25) is 5.91 Å². The highest BCUT2D eigenvalue weighted by Crippen LogP contribution is 2.37. The summed E-state index contributed by atoms with van der Waals surface area (Å²) in [5, 5.41) is 5.79. The summed E-state index contributed by atoms with van der Waals surface area (Å²) in [6.45, 7) is 6.20. The SMILES string of the molecule is CNC(=O)[C@H]1C[C@@H]2CN(C(=O)NCc3ccccc3)C[C@@H]2N1C(C)C. The molecule has 6 nitrogen and oxygen atoms in total. The normalized spacial score (nSPS) is 25.9. The number of likely N-dealkylation sites (N-methyl/N-ethyl adjacent to an activating group) is 1. The molecular formula is C19H28N4O2. The summed E-state index contributed by atoms with van der Waals surface area (Å²) in [4.78, 5) is 28.9. The van der Waals surface area contributed by atoms with Crippen LogP contribution in [0.3, 0.4) is 0 Å². The van der Waals surface area contributed by atoms with Crippen LogP contribution in [0.2, 0.25) is 0 Å². The molecule has 0 aliphatic carbocycles. The van der Waals surface area contributed by atoms with Gasteiger partial charge < -0.3 is 15.5 Å². The van der Waals surface area contributed by atoms with E-state index in [1.54, 1.807) is 7.05 Å². The summed E-state index contributed by atoms with van der Waals surface area (Å²) in [5.74, 6) is 0.454. The van der Waals surface area contributed by atoms with Crippen LogP contribution >= 0.6 is 0 Å². The highest BCUT2D eigenvalue weighted by atomic mass is 16.2. The van der Waals surface area contributed by atoms with E-state index >= 15 is 0 Å². The van der Waals surface area contributed by atoms with Crippen LogP contribution in [-0.2, 0) is 11.3 Å². The Bertz CT molecular complexity index is 619. The number of amides is 3. The van der Waals surface area contributed by atoms with E-state index in [0.717, 1.165) is 18.5 Å². The third kappa shape index (κ3) is 3.63. The Kier molecular flexibility index (Phi) is 5.27. The highest BCUT2D eigenvalue weighted by Gasteiger charge is 2.50. The average molecular weight is 344 g/mol. The van der Waals surface area contributed by atoms with Gasteiger partial charge in [0.25, 0.3) is 0 Å². The molecule has 3 atom stereocenters. The van der Waals surface area contributed by atoms with Crippen LogP contribution in [0.25, 0.3) is 0 Å². The monoisotopic (exact) mass is 344 g/mol. The predicted octanol–water partition coefficient (Wildman–Crippen LogP) is 1.43. The molecule has 6 heteroatoms. The number of carbonyl (C=O) groups excluding carboxylic acids is 2. The Hall–Kier alpha value is -2.08. The second-order valence-corrected chi connectivity index (χ2v) is 7.28. The van der Waals surface area contributed by atoms with E-state index in [1.807, 2.05) is 35.2 Å². The Morgan fingerprint density at radius 2 is 1.92 bits per heavy atom. The number of urea groups is 1. The fourth-order valence-electron chi connectivity index (χ4n) is 4.27. The van der Waals surface area contributed by atoms with Crippen LogP contribution in [0, 0.1) is 5.92 Å². The standard InChI is InChI=1S/C19H28N4O2/c1-13(2)23-16(18(24)20-3)9-15-11-22(12-17(15)23)19(25)21-10-14-7-5-4-6-8-14/h4-8,13,15-17H,9-12H2,1-3H3,(H,20,24)(H,21,25)/t15-,16-,17+/m1/s1. The maximum Gasteiger partial charge on any atom is 0.317 e. The molecule has 2 saturated heterocycles.